The van der Waals surface area contributed by atoms with E-state index in [1.165, 1.54) is 0 Å². The average molecular weight is 124 g/mol. The van der Waals surface area contributed by atoms with E-state index in [2.05, 4.69) is 0 Å². The smallest absolute Gasteiger partial charge is 0.366 e. The molecule has 0 amide bonds. The molecule has 0 aliphatic heterocycles. The number of nitrogens with zero attached hydrogens (tertiary/aromatic N) is 1. The maximum atomic E-state index is 5.11. The Morgan fingerprint density at radius 3 is 2.44 bits per heavy atom. The minimum atomic E-state index is 0.873. The van der Waals surface area contributed by atoms with Gasteiger partial charge in [0.15, 0.2) is 0 Å². The summed E-state index contributed by atoms with van der Waals surface area (Å²) in [5, 5.41) is 0. The number of rotatable bonds is 0. The maximum Gasteiger partial charge on any atom is 0.366 e. The van der Waals surface area contributed by atoms with Gasteiger partial charge in [0.1, 0.15) is 14.1 Å². The van der Waals surface area contributed by atoms with Crippen molar-refractivity contribution in [2.24, 2.45) is 0 Å². The van der Waals surface area contributed by atoms with Crippen LogP contribution in [0.5, 0.6) is 0 Å². The van der Waals surface area contributed by atoms with Gasteiger partial charge < -0.3 is 4.42 Å². The van der Waals surface area contributed by atoms with Gasteiger partial charge >= 0.3 is 5.55 Å². The van der Waals surface area contributed by atoms with Gasteiger partial charge in [0.25, 0.3) is 0 Å². The van der Waals surface area contributed by atoms with E-state index < -0.39 is 0 Å². The third kappa shape index (κ3) is 1.42. The van der Waals surface area contributed by atoms with Crippen LogP contribution in [0.1, 0.15) is 0 Å². The van der Waals surface area contributed by atoms with E-state index in [0.29, 0.717) is 0 Å². The molecule has 0 bridgehead atoms. The van der Waals surface area contributed by atoms with Crippen molar-refractivity contribution in [3.05, 3.63) is 30.0 Å². The highest BCUT2D eigenvalue weighted by Crippen LogP contribution is 1.73. The summed E-state index contributed by atoms with van der Waals surface area (Å²) >= 11 is 0. The van der Waals surface area contributed by atoms with Gasteiger partial charge in [0.2, 0.25) is 0 Å². The molecule has 0 fully saturated rings. The summed E-state index contributed by atoms with van der Waals surface area (Å²) in [6.07, 6.45) is 1.66. The lowest BCUT2D eigenvalue weighted by Gasteiger charge is -1.82. The van der Waals surface area contributed by atoms with E-state index in [-0.39, 0.29) is 0 Å². The Bertz CT molecular complexity index is 228. The van der Waals surface area contributed by atoms with Crippen LogP contribution < -0.4 is 10.1 Å². The summed E-state index contributed by atoms with van der Waals surface area (Å²) in [7, 11) is 3.89. The average Bonchev–Trinajstić information content (AvgIpc) is 1.90. The van der Waals surface area contributed by atoms with E-state index in [4.69, 9.17) is 4.42 Å². The zero-order valence-electron chi connectivity index (χ0n) is 5.66. The Hall–Kier alpha value is -1.05. The first kappa shape index (κ1) is 6.08. The standard InChI is InChI=1S/C7H10NO/c1-8(2)7-5-3-4-6-9-7/h3-6H,1-2H3/q+1. The minimum absolute atomic E-state index is 0.873. The molecule has 0 unspecified atom stereocenters. The van der Waals surface area contributed by atoms with Crippen LogP contribution in [0, 0.1) is 0 Å². The molecule has 0 aliphatic carbocycles. The van der Waals surface area contributed by atoms with Gasteiger partial charge in [-0.15, -0.1) is 0 Å². The first-order valence-corrected chi connectivity index (χ1v) is 2.85. The van der Waals surface area contributed by atoms with Gasteiger partial charge in [-0.05, 0) is 12.1 Å². The second-order valence-electron chi connectivity index (χ2n) is 2.04. The Morgan fingerprint density at radius 2 is 2.11 bits per heavy atom. The highest BCUT2D eigenvalue weighted by molar-refractivity contribution is 4.85. The summed E-state index contributed by atoms with van der Waals surface area (Å²) in [4.78, 5) is 0. The second kappa shape index (κ2) is 2.49. The van der Waals surface area contributed by atoms with Crippen LogP contribution in [-0.4, -0.2) is 14.1 Å². The molecule has 1 aromatic rings. The van der Waals surface area contributed by atoms with Crippen LogP contribution >= 0.6 is 0 Å². The molecule has 0 radical (unpaired) electrons. The highest BCUT2D eigenvalue weighted by Gasteiger charge is 1.86. The lowest BCUT2D eigenvalue weighted by Crippen LogP contribution is -2.19. The predicted molar refractivity (Wildman–Crippen MR) is 35.8 cm³/mol. The fourth-order valence-corrected chi connectivity index (χ4v) is 0.586. The molecule has 0 aliphatic rings. The van der Waals surface area contributed by atoms with Crippen LogP contribution in [-0.2, 0) is 0 Å². The molecule has 9 heavy (non-hydrogen) atoms. The van der Waals surface area contributed by atoms with E-state index >= 15 is 0 Å². The zero-order valence-corrected chi connectivity index (χ0v) is 5.66. The van der Waals surface area contributed by atoms with Crippen molar-refractivity contribution >= 4 is 0 Å². The van der Waals surface area contributed by atoms with Crippen molar-refractivity contribution in [1.29, 1.82) is 0 Å². The Labute approximate surface area is 54.1 Å². The van der Waals surface area contributed by atoms with Crippen LogP contribution in [0.3, 0.4) is 0 Å². The summed E-state index contributed by atoms with van der Waals surface area (Å²) < 4.78 is 7.03. The van der Waals surface area contributed by atoms with Crippen LogP contribution in [0.25, 0.3) is 0 Å². The lowest BCUT2D eigenvalue weighted by molar-refractivity contribution is 0.455. The Kier molecular flexibility index (Phi) is 1.68. The van der Waals surface area contributed by atoms with Gasteiger partial charge in [0.05, 0.1) is 12.3 Å². The quantitative estimate of drug-likeness (QED) is 0.455. The topological polar surface area (TPSA) is 16.1 Å². The van der Waals surface area contributed by atoms with Crippen molar-refractivity contribution in [2.75, 3.05) is 14.1 Å². The van der Waals surface area contributed by atoms with Gasteiger partial charge in [-0.25, -0.2) is 4.58 Å². The van der Waals surface area contributed by atoms with Gasteiger partial charge in [-0.1, -0.05) is 0 Å². The molecule has 0 atom stereocenters. The van der Waals surface area contributed by atoms with Crippen LogP contribution in [0.15, 0.2) is 28.9 Å². The molecule has 0 saturated heterocycles. The molecule has 0 aromatic carbocycles. The Balaban J connectivity index is 3.29. The monoisotopic (exact) mass is 124 g/mol. The SMILES string of the molecule is C[N+](C)=c1cccco1. The van der Waals surface area contributed by atoms with E-state index in [0.717, 1.165) is 5.55 Å². The van der Waals surface area contributed by atoms with Gasteiger partial charge in [0, 0.05) is 0 Å². The first-order valence-electron chi connectivity index (χ1n) is 2.85. The van der Waals surface area contributed by atoms with Gasteiger partial charge in [-0.2, -0.15) is 0 Å². The molecule has 1 heterocycles. The molecule has 0 saturated carbocycles. The van der Waals surface area contributed by atoms with Gasteiger partial charge in [-0.3, -0.25) is 0 Å². The van der Waals surface area contributed by atoms with Crippen LogP contribution in [0.2, 0.25) is 0 Å². The molecule has 2 nitrogen and oxygen atoms in total. The fourth-order valence-electron chi connectivity index (χ4n) is 0.586. The molecule has 0 N–H and O–H groups in total. The molecule has 0 spiro atoms. The van der Waals surface area contributed by atoms with E-state index in [9.17, 15) is 0 Å². The summed E-state index contributed by atoms with van der Waals surface area (Å²) in [5.41, 5.74) is 0.873. The molecule has 2 heteroatoms. The molecule has 1 aromatic heterocycles. The van der Waals surface area contributed by atoms with Crippen molar-refractivity contribution in [1.82, 2.24) is 4.58 Å². The maximum absolute atomic E-state index is 5.11. The van der Waals surface area contributed by atoms with Crippen molar-refractivity contribution < 1.29 is 4.42 Å². The number of hydrogen-bond acceptors (Lipinski definition) is 1. The predicted octanol–water partition coefficient (Wildman–Crippen LogP) is 0.311. The normalized spacial score (nSPS) is 9.11. The lowest BCUT2D eigenvalue weighted by atomic mass is 10.5. The zero-order chi connectivity index (χ0) is 6.69. The minimum Gasteiger partial charge on any atom is -0.413 e. The first-order chi connectivity index (χ1) is 4.30. The summed E-state index contributed by atoms with van der Waals surface area (Å²) in [6, 6.07) is 5.71. The van der Waals surface area contributed by atoms with E-state index in [1.807, 2.05) is 36.9 Å². The third-order valence-corrected chi connectivity index (χ3v) is 1.06. The fraction of sp³-hybridized carbons (Fsp3) is 0.286. The molecular formula is C7H10NO+. The largest absolute Gasteiger partial charge is 0.413 e. The molecular weight excluding hydrogens is 114 g/mol. The number of hydrogen-bond donors (Lipinski definition) is 0. The highest BCUT2D eigenvalue weighted by atomic mass is 16.3. The molecule has 1 rings (SSSR count). The Morgan fingerprint density at radius 1 is 1.33 bits per heavy atom. The van der Waals surface area contributed by atoms with E-state index in [1.54, 1.807) is 6.26 Å². The second-order valence-corrected chi connectivity index (χ2v) is 2.04. The van der Waals surface area contributed by atoms with Crippen molar-refractivity contribution in [2.45, 2.75) is 0 Å². The summed E-state index contributed by atoms with van der Waals surface area (Å²) in [6.45, 7) is 0. The summed E-state index contributed by atoms with van der Waals surface area (Å²) in [5.74, 6) is 0. The third-order valence-electron chi connectivity index (χ3n) is 1.06. The van der Waals surface area contributed by atoms with Crippen LogP contribution in [0.4, 0.5) is 0 Å². The van der Waals surface area contributed by atoms with Crippen molar-refractivity contribution in [3.63, 3.8) is 0 Å². The molecule has 48 valence electrons. The van der Waals surface area contributed by atoms with Crippen molar-refractivity contribution in [3.8, 4) is 0 Å².